The number of ether oxygens (including phenoxy) is 2. The van der Waals surface area contributed by atoms with Gasteiger partial charge in [0.2, 0.25) is 0 Å². The molecule has 0 spiro atoms. The van der Waals surface area contributed by atoms with Gasteiger partial charge in [0.1, 0.15) is 5.75 Å². The monoisotopic (exact) mass is 483 g/mol. The maximum Gasteiger partial charge on any atom is 0.257 e. The molecule has 0 aromatic heterocycles. The minimum atomic E-state index is -0.308. The Bertz CT molecular complexity index is 942. The summed E-state index contributed by atoms with van der Waals surface area (Å²) >= 11 is 5.26. The quantitative estimate of drug-likeness (QED) is 0.318. The molecular formula is C26H33N3O4S. The van der Waals surface area contributed by atoms with Crippen molar-refractivity contribution in [1.82, 2.24) is 10.6 Å². The smallest absolute Gasteiger partial charge is 0.257 e. The number of unbranched alkanes of at least 4 members (excludes halogenated alkanes) is 3. The third-order valence-electron chi connectivity index (χ3n) is 5.53. The minimum absolute atomic E-state index is 0.102. The lowest BCUT2D eigenvalue weighted by atomic mass is 10.2. The standard InChI is InChI=1S/C26H33N3O4S/c1-2-3-4-5-16-32-22-14-10-20(11-15-22)25(31)29-26(34)28-21-12-8-19(9-13-21)24(30)27-18-23-7-6-17-33-23/h8-15,23H,2-7,16-18H2,1H3,(H,27,30)(H2,28,29,31,34). The summed E-state index contributed by atoms with van der Waals surface area (Å²) in [5, 5.41) is 8.70. The largest absolute Gasteiger partial charge is 0.494 e. The molecule has 2 aromatic rings. The van der Waals surface area contributed by atoms with Crippen molar-refractivity contribution in [2.24, 2.45) is 0 Å². The number of amides is 2. The first-order valence-corrected chi connectivity index (χ1v) is 12.3. The van der Waals surface area contributed by atoms with Gasteiger partial charge in [-0.25, -0.2) is 0 Å². The second kappa shape index (κ2) is 13.7. The minimum Gasteiger partial charge on any atom is -0.494 e. The summed E-state index contributed by atoms with van der Waals surface area (Å²) in [7, 11) is 0. The van der Waals surface area contributed by atoms with Crippen LogP contribution in [0.1, 0.15) is 66.2 Å². The second-order valence-corrected chi connectivity index (χ2v) is 8.67. The van der Waals surface area contributed by atoms with Crippen molar-refractivity contribution in [2.75, 3.05) is 25.1 Å². The molecule has 0 saturated carbocycles. The summed E-state index contributed by atoms with van der Waals surface area (Å²) < 4.78 is 11.2. The normalized spacial score (nSPS) is 14.9. The Kier molecular flexibility index (Phi) is 10.3. The van der Waals surface area contributed by atoms with Crippen LogP contribution in [0.2, 0.25) is 0 Å². The zero-order chi connectivity index (χ0) is 24.2. The number of thiocarbonyl (C=S) groups is 1. The molecule has 1 heterocycles. The van der Waals surface area contributed by atoms with Crippen LogP contribution in [0.4, 0.5) is 5.69 Å². The highest BCUT2D eigenvalue weighted by Gasteiger charge is 2.16. The molecular weight excluding hydrogens is 450 g/mol. The van der Waals surface area contributed by atoms with Crippen LogP contribution in [0.15, 0.2) is 48.5 Å². The molecule has 0 aliphatic carbocycles. The summed E-state index contributed by atoms with van der Waals surface area (Å²) in [5.74, 6) is 0.289. The van der Waals surface area contributed by atoms with Crippen molar-refractivity contribution in [3.8, 4) is 5.75 Å². The molecule has 2 aromatic carbocycles. The van der Waals surface area contributed by atoms with Gasteiger partial charge in [0.15, 0.2) is 5.11 Å². The molecule has 0 bridgehead atoms. The maximum absolute atomic E-state index is 12.5. The molecule has 1 atom stereocenters. The van der Waals surface area contributed by atoms with E-state index in [0.717, 1.165) is 38.0 Å². The topological polar surface area (TPSA) is 88.7 Å². The van der Waals surface area contributed by atoms with Gasteiger partial charge >= 0.3 is 0 Å². The zero-order valence-corrected chi connectivity index (χ0v) is 20.4. The van der Waals surface area contributed by atoms with Gasteiger partial charge in [-0.05, 0) is 80.0 Å². The zero-order valence-electron chi connectivity index (χ0n) is 19.6. The number of carbonyl (C=O) groups excluding carboxylic acids is 2. The van der Waals surface area contributed by atoms with E-state index in [0.29, 0.717) is 30.0 Å². The number of hydrogen-bond donors (Lipinski definition) is 3. The molecule has 1 unspecified atom stereocenters. The predicted molar refractivity (Wildman–Crippen MR) is 138 cm³/mol. The second-order valence-electron chi connectivity index (χ2n) is 8.26. The van der Waals surface area contributed by atoms with Gasteiger partial charge < -0.3 is 20.1 Å². The molecule has 3 N–H and O–H groups in total. The van der Waals surface area contributed by atoms with Gasteiger partial charge in [-0.3, -0.25) is 14.9 Å². The lowest BCUT2D eigenvalue weighted by Gasteiger charge is -2.12. The van der Waals surface area contributed by atoms with Gasteiger partial charge in [-0.1, -0.05) is 26.2 Å². The third-order valence-corrected chi connectivity index (χ3v) is 5.73. The van der Waals surface area contributed by atoms with Crippen LogP contribution in [0.25, 0.3) is 0 Å². The van der Waals surface area contributed by atoms with Crippen molar-refractivity contribution in [3.05, 3.63) is 59.7 Å². The van der Waals surface area contributed by atoms with E-state index < -0.39 is 0 Å². The molecule has 182 valence electrons. The van der Waals surface area contributed by atoms with Gasteiger partial charge in [0.25, 0.3) is 11.8 Å². The fraction of sp³-hybridized carbons (Fsp3) is 0.423. The Balaban J connectivity index is 1.41. The van der Waals surface area contributed by atoms with Crippen molar-refractivity contribution < 1.29 is 19.1 Å². The highest BCUT2D eigenvalue weighted by atomic mass is 32.1. The van der Waals surface area contributed by atoms with E-state index >= 15 is 0 Å². The van der Waals surface area contributed by atoms with Crippen LogP contribution < -0.4 is 20.7 Å². The Labute approximate surface area is 206 Å². The van der Waals surface area contributed by atoms with Crippen molar-refractivity contribution in [1.29, 1.82) is 0 Å². The van der Waals surface area contributed by atoms with Gasteiger partial charge in [0, 0.05) is 30.0 Å². The lowest BCUT2D eigenvalue weighted by molar-refractivity contribution is 0.0857. The van der Waals surface area contributed by atoms with Crippen LogP contribution >= 0.6 is 12.2 Å². The van der Waals surface area contributed by atoms with Crippen molar-refractivity contribution in [2.45, 2.75) is 51.6 Å². The van der Waals surface area contributed by atoms with Gasteiger partial charge in [0.05, 0.1) is 12.7 Å². The molecule has 3 rings (SSSR count). The first-order valence-electron chi connectivity index (χ1n) is 11.9. The van der Waals surface area contributed by atoms with E-state index in [-0.39, 0.29) is 23.0 Å². The number of carbonyl (C=O) groups is 2. The predicted octanol–water partition coefficient (Wildman–Crippen LogP) is 4.68. The molecule has 1 saturated heterocycles. The average molecular weight is 484 g/mol. The fourth-order valence-electron chi connectivity index (χ4n) is 3.58. The highest BCUT2D eigenvalue weighted by molar-refractivity contribution is 7.80. The first-order chi connectivity index (χ1) is 16.5. The highest BCUT2D eigenvalue weighted by Crippen LogP contribution is 2.14. The van der Waals surface area contributed by atoms with E-state index in [1.165, 1.54) is 12.8 Å². The Morgan fingerprint density at radius 2 is 1.71 bits per heavy atom. The number of benzene rings is 2. The van der Waals surface area contributed by atoms with E-state index in [2.05, 4.69) is 22.9 Å². The fourth-order valence-corrected chi connectivity index (χ4v) is 3.79. The number of anilines is 1. The first kappa shape index (κ1) is 25.6. The maximum atomic E-state index is 12.5. The molecule has 2 amide bonds. The van der Waals surface area contributed by atoms with Gasteiger partial charge in [-0.2, -0.15) is 0 Å². The van der Waals surface area contributed by atoms with E-state index in [1.54, 1.807) is 48.5 Å². The van der Waals surface area contributed by atoms with Crippen LogP contribution in [-0.4, -0.2) is 42.8 Å². The average Bonchev–Trinajstić information content (AvgIpc) is 3.37. The van der Waals surface area contributed by atoms with Gasteiger partial charge in [-0.15, -0.1) is 0 Å². The summed E-state index contributed by atoms with van der Waals surface area (Å²) in [6.07, 6.45) is 6.71. The molecule has 7 nitrogen and oxygen atoms in total. The molecule has 1 aliphatic rings. The van der Waals surface area contributed by atoms with E-state index in [1.807, 2.05) is 0 Å². The Hall–Kier alpha value is -2.97. The van der Waals surface area contributed by atoms with Crippen molar-refractivity contribution >= 4 is 34.8 Å². The SMILES string of the molecule is CCCCCCOc1ccc(C(=O)NC(=S)Nc2ccc(C(=O)NCC3CCCO3)cc2)cc1. The summed E-state index contributed by atoms with van der Waals surface area (Å²) in [4.78, 5) is 24.8. The van der Waals surface area contributed by atoms with Crippen molar-refractivity contribution in [3.63, 3.8) is 0 Å². The van der Waals surface area contributed by atoms with E-state index in [4.69, 9.17) is 21.7 Å². The molecule has 8 heteroatoms. The number of nitrogens with one attached hydrogen (secondary N) is 3. The van der Waals surface area contributed by atoms with Crippen LogP contribution in [0.3, 0.4) is 0 Å². The lowest BCUT2D eigenvalue weighted by Crippen LogP contribution is -2.34. The Morgan fingerprint density at radius 3 is 2.38 bits per heavy atom. The van der Waals surface area contributed by atoms with E-state index in [9.17, 15) is 9.59 Å². The molecule has 0 radical (unpaired) electrons. The third kappa shape index (κ3) is 8.43. The number of rotatable bonds is 11. The van der Waals surface area contributed by atoms with Crippen LogP contribution in [0, 0.1) is 0 Å². The van der Waals surface area contributed by atoms with Crippen LogP contribution in [0.5, 0.6) is 5.75 Å². The molecule has 1 fully saturated rings. The number of hydrogen-bond acceptors (Lipinski definition) is 5. The van der Waals surface area contributed by atoms with Crippen LogP contribution in [-0.2, 0) is 4.74 Å². The molecule has 1 aliphatic heterocycles. The summed E-state index contributed by atoms with van der Waals surface area (Å²) in [6.45, 7) is 4.13. The summed E-state index contributed by atoms with van der Waals surface area (Å²) in [6, 6.07) is 13.9. The molecule has 34 heavy (non-hydrogen) atoms. The summed E-state index contributed by atoms with van der Waals surface area (Å²) in [5.41, 5.74) is 1.71. The Morgan fingerprint density at radius 1 is 1.00 bits per heavy atom.